The topological polar surface area (TPSA) is 136 Å². The fourth-order valence-corrected chi connectivity index (χ4v) is 3.64. The van der Waals surface area contributed by atoms with Crippen molar-refractivity contribution in [3.8, 4) is 0 Å². The fourth-order valence-electron chi connectivity index (χ4n) is 3.54. The number of non-ortho nitro benzene ring substituents is 1. The van der Waals surface area contributed by atoms with E-state index in [1.165, 1.54) is 12.1 Å². The summed E-state index contributed by atoms with van der Waals surface area (Å²) < 4.78 is 0. The first-order valence-corrected chi connectivity index (χ1v) is 10.6. The Kier molecular flexibility index (Phi) is 9.01. The van der Waals surface area contributed by atoms with E-state index in [4.69, 9.17) is 23.2 Å². The van der Waals surface area contributed by atoms with Crippen LogP contribution in [0.3, 0.4) is 0 Å². The van der Waals surface area contributed by atoms with E-state index in [9.17, 15) is 29.9 Å². The van der Waals surface area contributed by atoms with E-state index in [0.717, 1.165) is 5.56 Å². The Morgan fingerprint density at radius 3 is 2.29 bits per heavy atom. The van der Waals surface area contributed by atoms with Gasteiger partial charge in [0.05, 0.1) is 4.92 Å². The SMILES string of the molecule is CN1CCN(C(O)C(CCCc2ccc([N+](=O)[O-])cc2)(NC(=O)C(Cl)Cl)C(=O)O)CC1. The number of aryl methyl sites for hydroxylation is 1. The highest BCUT2D eigenvalue weighted by Gasteiger charge is 2.49. The van der Waals surface area contributed by atoms with Gasteiger partial charge in [0.2, 0.25) is 0 Å². The molecule has 1 fully saturated rings. The predicted octanol–water partition coefficient (Wildman–Crippen LogP) is 1.23. The van der Waals surface area contributed by atoms with Gasteiger partial charge in [-0.2, -0.15) is 0 Å². The molecule has 2 unspecified atom stereocenters. The summed E-state index contributed by atoms with van der Waals surface area (Å²) in [6, 6.07) is 5.91. The van der Waals surface area contributed by atoms with Gasteiger partial charge in [0.25, 0.3) is 11.6 Å². The molecule has 12 heteroatoms. The zero-order valence-electron chi connectivity index (χ0n) is 17.0. The van der Waals surface area contributed by atoms with Crippen LogP contribution in [0.25, 0.3) is 0 Å². The Hall–Kier alpha value is -1.98. The van der Waals surface area contributed by atoms with Gasteiger partial charge in [-0.1, -0.05) is 35.3 Å². The van der Waals surface area contributed by atoms with Gasteiger partial charge in [0.15, 0.2) is 10.4 Å². The highest BCUT2D eigenvalue weighted by molar-refractivity contribution is 6.53. The van der Waals surface area contributed by atoms with E-state index < -0.39 is 33.4 Å². The molecule has 10 nitrogen and oxygen atoms in total. The zero-order chi connectivity index (χ0) is 23.2. The lowest BCUT2D eigenvalue weighted by atomic mass is 9.88. The third-order valence-corrected chi connectivity index (χ3v) is 5.83. The van der Waals surface area contributed by atoms with E-state index in [-0.39, 0.29) is 18.5 Å². The van der Waals surface area contributed by atoms with E-state index in [1.54, 1.807) is 17.0 Å². The number of rotatable bonds is 10. The minimum Gasteiger partial charge on any atom is -0.479 e. The Morgan fingerprint density at radius 1 is 1.23 bits per heavy atom. The summed E-state index contributed by atoms with van der Waals surface area (Å²) in [5, 5.41) is 34.2. The molecule has 0 aromatic heterocycles. The quantitative estimate of drug-likeness (QED) is 0.260. The summed E-state index contributed by atoms with van der Waals surface area (Å²) in [7, 11) is 1.92. The number of carboxylic acid groups (broad SMARTS) is 1. The number of hydrogen-bond acceptors (Lipinski definition) is 7. The maximum absolute atomic E-state index is 12.3. The van der Waals surface area contributed by atoms with Crippen molar-refractivity contribution in [3.05, 3.63) is 39.9 Å². The number of nitrogens with one attached hydrogen (secondary N) is 1. The normalized spacial score (nSPS) is 18.4. The highest BCUT2D eigenvalue weighted by Crippen LogP contribution is 2.25. The average Bonchev–Trinajstić information content (AvgIpc) is 2.73. The summed E-state index contributed by atoms with van der Waals surface area (Å²) in [5.74, 6) is -2.31. The van der Waals surface area contributed by atoms with E-state index >= 15 is 0 Å². The lowest BCUT2D eigenvalue weighted by molar-refractivity contribution is -0.384. The number of carbonyl (C=O) groups excluding carboxylic acids is 1. The lowest BCUT2D eigenvalue weighted by Crippen LogP contribution is -2.69. The molecule has 2 rings (SSSR count). The second kappa shape index (κ2) is 11.1. The summed E-state index contributed by atoms with van der Waals surface area (Å²) in [6.45, 7) is 2.13. The number of carboxylic acids is 1. The second-order valence-electron chi connectivity index (χ2n) is 7.56. The predicted molar refractivity (Wildman–Crippen MR) is 115 cm³/mol. The van der Waals surface area contributed by atoms with E-state index in [0.29, 0.717) is 32.6 Å². The standard InChI is InChI=1S/C19H26Cl2N4O6/c1-23-9-11-24(12-10-23)17(27)19(18(28)29,22-16(26)15(20)21)8-2-3-13-4-6-14(7-5-13)25(30)31/h4-7,15,17,27H,2-3,8-12H2,1H3,(H,22,26)(H,28,29). The van der Waals surface area contributed by atoms with Gasteiger partial charge < -0.3 is 20.4 Å². The van der Waals surface area contributed by atoms with Crippen molar-refractivity contribution in [2.45, 2.75) is 35.9 Å². The smallest absolute Gasteiger partial charge is 0.333 e. The molecule has 1 aliphatic rings. The van der Waals surface area contributed by atoms with Gasteiger partial charge in [-0.3, -0.25) is 19.8 Å². The third kappa shape index (κ3) is 6.50. The lowest BCUT2D eigenvalue weighted by Gasteiger charge is -2.43. The molecule has 172 valence electrons. The molecule has 1 heterocycles. The van der Waals surface area contributed by atoms with Crippen molar-refractivity contribution in [3.63, 3.8) is 0 Å². The van der Waals surface area contributed by atoms with Crippen LogP contribution in [0.1, 0.15) is 18.4 Å². The summed E-state index contributed by atoms with van der Waals surface area (Å²) in [5.41, 5.74) is -1.30. The molecular weight excluding hydrogens is 451 g/mol. The van der Waals surface area contributed by atoms with Crippen LogP contribution >= 0.6 is 23.2 Å². The van der Waals surface area contributed by atoms with Crippen molar-refractivity contribution in [1.29, 1.82) is 0 Å². The Bertz CT molecular complexity index is 786. The molecule has 1 saturated heterocycles. The van der Waals surface area contributed by atoms with Crippen molar-refractivity contribution >= 4 is 40.8 Å². The van der Waals surface area contributed by atoms with Crippen molar-refractivity contribution < 1.29 is 24.7 Å². The third-order valence-electron chi connectivity index (χ3n) is 5.43. The molecule has 1 aromatic carbocycles. The van der Waals surface area contributed by atoms with Gasteiger partial charge in [0, 0.05) is 38.3 Å². The van der Waals surface area contributed by atoms with Gasteiger partial charge >= 0.3 is 5.97 Å². The number of benzene rings is 1. The maximum atomic E-state index is 12.3. The number of nitrogens with zero attached hydrogens (tertiary/aromatic N) is 3. The Balaban J connectivity index is 2.19. The van der Waals surface area contributed by atoms with Crippen LogP contribution in [0.15, 0.2) is 24.3 Å². The molecule has 0 bridgehead atoms. The number of aliphatic hydroxyl groups excluding tert-OH is 1. The van der Waals surface area contributed by atoms with Crippen LogP contribution < -0.4 is 5.32 Å². The number of alkyl halides is 2. The fraction of sp³-hybridized carbons (Fsp3) is 0.579. The average molecular weight is 477 g/mol. The monoisotopic (exact) mass is 476 g/mol. The molecule has 3 N–H and O–H groups in total. The van der Waals surface area contributed by atoms with Crippen LogP contribution in [0, 0.1) is 10.1 Å². The number of nitro benzene ring substituents is 1. The van der Waals surface area contributed by atoms with Crippen LogP contribution in [0.4, 0.5) is 5.69 Å². The molecule has 0 radical (unpaired) electrons. The Labute approximate surface area is 189 Å². The minimum atomic E-state index is -2.02. The first-order valence-electron chi connectivity index (χ1n) is 9.74. The van der Waals surface area contributed by atoms with Crippen molar-refractivity contribution in [1.82, 2.24) is 15.1 Å². The second-order valence-corrected chi connectivity index (χ2v) is 8.65. The van der Waals surface area contributed by atoms with Crippen LogP contribution in [-0.2, 0) is 16.0 Å². The minimum absolute atomic E-state index is 0.0448. The van der Waals surface area contributed by atoms with E-state index in [1.807, 2.05) is 11.9 Å². The van der Waals surface area contributed by atoms with Gasteiger partial charge in [-0.15, -0.1) is 0 Å². The summed E-state index contributed by atoms with van der Waals surface area (Å²) in [4.78, 5) is 37.0. The molecule has 1 amide bonds. The van der Waals surface area contributed by atoms with E-state index in [2.05, 4.69) is 5.32 Å². The number of hydrogen-bond donors (Lipinski definition) is 3. The van der Waals surface area contributed by atoms with Gasteiger partial charge in [-0.05, 0) is 31.9 Å². The molecule has 0 spiro atoms. The molecule has 0 aliphatic carbocycles. The highest BCUT2D eigenvalue weighted by atomic mass is 35.5. The number of likely N-dealkylation sites (N-methyl/N-ethyl adjacent to an activating group) is 1. The van der Waals surface area contributed by atoms with Crippen molar-refractivity contribution in [2.24, 2.45) is 0 Å². The number of amides is 1. The largest absolute Gasteiger partial charge is 0.479 e. The number of halogens is 2. The van der Waals surface area contributed by atoms with Crippen molar-refractivity contribution in [2.75, 3.05) is 33.2 Å². The van der Waals surface area contributed by atoms with Crippen LogP contribution in [-0.4, -0.2) is 86.6 Å². The van der Waals surface area contributed by atoms with Gasteiger partial charge in [0.1, 0.15) is 6.23 Å². The molecule has 1 aromatic rings. The molecule has 0 saturated carbocycles. The first kappa shape index (κ1) is 25.3. The number of aliphatic hydroxyl groups is 1. The molecule has 31 heavy (non-hydrogen) atoms. The molecule has 2 atom stereocenters. The number of nitro groups is 1. The first-order chi connectivity index (χ1) is 14.6. The maximum Gasteiger partial charge on any atom is 0.333 e. The Morgan fingerprint density at radius 2 is 1.81 bits per heavy atom. The van der Waals surface area contributed by atoms with Crippen LogP contribution in [0.5, 0.6) is 0 Å². The van der Waals surface area contributed by atoms with Crippen LogP contribution in [0.2, 0.25) is 0 Å². The number of piperazine rings is 1. The molecule has 1 aliphatic heterocycles. The number of aliphatic carboxylic acids is 1. The number of carbonyl (C=O) groups is 2. The zero-order valence-corrected chi connectivity index (χ0v) is 18.6. The summed E-state index contributed by atoms with van der Waals surface area (Å²) >= 11 is 11.2. The van der Waals surface area contributed by atoms with Gasteiger partial charge in [-0.25, -0.2) is 4.79 Å². The molecular formula is C19H26Cl2N4O6. The summed E-state index contributed by atoms with van der Waals surface area (Å²) in [6.07, 6.45) is -0.917.